The van der Waals surface area contributed by atoms with Gasteiger partial charge in [0.05, 0.1) is 25.2 Å². The Bertz CT molecular complexity index is 2000. The van der Waals surface area contributed by atoms with E-state index >= 15 is 0 Å². The minimum absolute atomic E-state index is 0.119. The van der Waals surface area contributed by atoms with E-state index in [1.807, 2.05) is 30.3 Å². The molecule has 0 saturated carbocycles. The van der Waals surface area contributed by atoms with Gasteiger partial charge in [0.15, 0.2) is 11.0 Å². The number of aromatic nitrogens is 5. The van der Waals surface area contributed by atoms with Gasteiger partial charge < -0.3 is 14.0 Å². The molecule has 2 aliphatic carbocycles. The van der Waals surface area contributed by atoms with Crippen molar-refractivity contribution in [1.82, 2.24) is 34.1 Å². The fourth-order valence-electron chi connectivity index (χ4n) is 7.14. The number of alkyl halides is 3. The first-order chi connectivity index (χ1) is 24.5. The zero-order valence-corrected chi connectivity index (χ0v) is 29.6. The number of fused-ring (bicyclic) bond motifs is 1. The largest absolute Gasteiger partial charge is 0.416 e. The highest BCUT2D eigenvalue weighted by atomic mass is 32.2. The lowest BCUT2D eigenvalue weighted by Gasteiger charge is -2.21. The summed E-state index contributed by atoms with van der Waals surface area (Å²) in [5.41, 5.74) is 4.55. The number of hydrogen-bond acceptors (Lipinski definition) is 7. The van der Waals surface area contributed by atoms with Crippen molar-refractivity contribution in [1.29, 1.82) is 0 Å². The lowest BCUT2D eigenvalue weighted by molar-refractivity contribution is -0.137. The Morgan fingerprint density at radius 2 is 1.57 bits per heavy atom. The van der Waals surface area contributed by atoms with Crippen LogP contribution in [0.4, 0.5) is 17.6 Å². The van der Waals surface area contributed by atoms with Crippen LogP contribution in [0.3, 0.4) is 0 Å². The van der Waals surface area contributed by atoms with E-state index in [1.54, 1.807) is 0 Å². The number of likely N-dealkylation sites (tertiary alicyclic amines) is 1. The standard InChI is InChI=1S/C38H41F4N7OS/c1-46(2)31-18-19-47(21-31)22-34-44-45-35(49(34)20-25-6-10-27(11-7-25)28-12-14-29(15-13-28)38(40,41)42)23-48-33-5-3-4-32(33)36(50)43-37(48)51-24-26-8-16-30(39)17-9-26/h6-8,10-16,31H,3-5,9,17-24H2,1-2H3. The number of hydrogen-bond donors (Lipinski definition) is 0. The quantitative estimate of drug-likeness (QED) is 0.0949. The van der Waals surface area contributed by atoms with Crippen LogP contribution in [0.2, 0.25) is 0 Å². The smallest absolute Gasteiger partial charge is 0.316 e. The lowest BCUT2D eigenvalue weighted by atomic mass is 10.0. The minimum Gasteiger partial charge on any atom is -0.316 e. The summed E-state index contributed by atoms with van der Waals surface area (Å²) in [5, 5.41) is 10.1. The average molecular weight is 720 g/mol. The molecule has 268 valence electrons. The van der Waals surface area contributed by atoms with Crippen LogP contribution in [0.15, 0.2) is 82.0 Å². The van der Waals surface area contributed by atoms with Crippen LogP contribution in [0.25, 0.3) is 11.1 Å². The minimum atomic E-state index is -4.38. The van der Waals surface area contributed by atoms with Crippen molar-refractivity contribution in [2.45, 2.75) is 75.5 Å². The van der Waals surface area contributed by atoms with E-state index in [0.717, 1.165) is 84.1 Å². The predicted octanol–water partition coefficient (Wildman–Crippen LogP) is 6.91. The first-order valence-electron chi connectivity index (χ1n) is 17.4. The molecule has 8 nitrogen and oxygen atoms in total. The second-order valence-electron chi connectivity index (χ2n) is 13.8. The molecule has 0 bridgehead atoms. The topological polar surface area (TPSA) is 72.1 Å². The predicted molar refractivity (Wildman–Crippen MR) is 190 cm³/mol. The number of thioether (sulfide) groups is 1. The molecule has 13 heteroatoms. The average Bonchev–Trinajstić information content (AvgIpc) is 3.88. The van der Waals surface area contributed by atoms with Crippen LogP contribution in [0.1, 0.15) is 59.7 Å². The number of rotatable bonds is 11. The van der Waals surface area contributed by atoms with Gasteiger partial charge in [-0.05, 0) is 81.1 Å². The zero-order valence-electron chi connectivity index (χ0n) is 28.8. The first-order valence-corrected chi connectivity index (χ1v) is 18.4. The monoisotopic (exact) mass is 719 g/mol. The number of likely N-dealkylation sites (N-methyl/N-ethyl adjacent to an activating group) is 1. The summed E-state index contributed by atoms with van der Waals surface area (Å²) in [6.07, 6.45) is 3.45. The molecule has 4 aromatic rings. The van der Waals surface area contributed by atoms with E-state index in [1.165, 1.54) is 30.0 Å². The SMILES string of the molecule is CN(C)C1CCN(Cc2nnc(Cn3c(SCC4=CC=C(F)CC4)nc(=O)c4c3CCC4)n2Cc2ccc(-c3ccc(C(F)(F)F)cc3)cc2)C1. The first kappa shape index (κ1) is 35.3. The van der Waals surface area contributed by atoms with E-state index < -0.39 is 11.7 Å². The molecule has 1 fully saturated rings. The van der Waals surface area contributed by atoms with Gasteiger partial charge in [-0.2, -0.15) is 18.2 Å². The molecule has 0 radical (unpaired) electrons. The molecule has 0 spiro atoms. The van der Waals surface area contributed by atoms with Gasteiger partial charge in [-0.15, -0.1) is 10.2 Å². The Labute approximate surface area is 298 Å². The van der Waals surface area contributed by atoms with Gasteiger partial charge in [0.1, 0.15) is 11.7 Å². The molecular formula is C38H41F4N7OS. The Balaban J connectivity index is 1.19. The third-order valence-electron chi connectivity index (χ3n) is 10.2. The molecule has 1 atom stereocenters. The van der Waals surface area contributed by atoms with Crippen LogP contribution in [-0.2, 0) is 38.7 Å². The third kappa shape index (κ3) is 8.05. The molecule has 1 aliphatic heterocycles. The van der Waals surface area contributed by atoms with Crippen LogP contribution >= 0.6 is 11.8 Å². The molecule has 1 saturated heterocycles. The maximum absolute atomic E-state index is 13.7. The summed E-state index contributed by atoms with van der Waals surface area (Å²) in [6, 6.07) is 13.5. The van der Waals surface area contributed by atoms with Crippen LogP contribution < -0.4 is 5.56 Å². The highest BCUT2D eigenvalue weighted by molar-refractivity contribution is 7.99. The van der Waals surface area contributed by atoms with Gasteiger partial charge in [-0.3, -0.25) is 9.69 Å². The summed E-state index contributed by atoms with van der Waals surface area (Å²) in [5.74, 6) is 2.09. The van der Waals surface area contributed by atoms with Crippen molar-refractivity contribution in [3.05, 3.63) is 116 Å². The van der Waals surface area contributed by atoms with Crippen molar-refractivity contribution < 1.29 is 17.6 Å². The summed E-state index contributed by atoms with van der Waals surface area (Å²) < 4.78 is 57.3. The third-order valence-corrected chi connectivity index (χ3v) is 11.2. The Hall–Kier alpha value is -4.07. The van der Waals surface area contributed by atoms with Gasteiger partial charge in [0.25, 0.3) is 5.56 Å². The zero-order chi connectivity index (χ0) is 35.7. The van der Waals surface area contributed by atoms with Crippen molar-refractivity contribution in [2.24, 2.45) is 0 Å². The van der Waals surface area contributed by atoms with E-state index in [9.17, 15) is 22.4 Å². The Morgan fingerprint density at radius 3 is 2.22 bits per heavy atom. The normalized spacial score (nSPS) is 18.0. The van der Waals surface area contributed by atoms with Crippen molar-refractivity contribution in [3.8, 4) is 11.1 Å². The Morgan fingerprint density at radius 1 is 0.863 bits per heavy atom. The van der Waals surface area contributed by atoms with Crippen LogP contribution in [-0.4, -0.2) is 73.1 Å². The molecule has 1 unspecified atom stereocenters. The molecule has 0 amide bonds. The molecule has 7 rings (SSSR count). The van der Waals surface area contributed by atoms with Gasteiger partial charge in [-0.1, -0.05) is 59.8 Å². The molecule has 0 N–H and O–H groups in total. The number of benzene rings is 2. The second-order valence-corrected chi connectivity index (χ2v) is 14.8. The van der Waals surface area contributed by atoms with Crippen LogP contribution in [0, 0.1) is 0 Å². The highest BCUT2D eigenvalue weighted by Gasteiger charge is 2.30. The van der Waals surface area contributed by atoms with E-state index in [0.29, 0.717) is 61.4 Å². The van der Waals surface area contributed by atoms with Crippen molar-refractivity contribution in [3.63, 3.8) is 0 Å². The lowest BCUT2D eigenvalue weighted by Crippen LogP contribution is -2.31. The molecule has 3 aliphatic rings. The number of allylic oxidation sites excluding steroid dienone is 3. The van der Waals surface area contributed by atoms with Crippen molar-refractivity contribution in [2.75, 3.05) is 32.9 Å². The fraction of sp³-hybridized carbons (Fsp3) is 0.421. The molecular weight excluding hydrogens is 679 g/mol. The van der Waals surface area contributed by atoms with Gasteiger partial charge in [0.2, 0.25) is 0 Å². The summed E-state index contributed by atoms with van der Waals surface area (Å²) in [7, 11) is 4.21. The molecule has 3 heterocycles. The fourth-order valence-corrected chi connectivity index (χ4v) is 8.17. The van der Waals surface area contributed by atoms with E-state index in [4.69, 9.17) is 10.2 Å². The summed E-state index contributed by atoms with van der Waals surface area (Å²) >= 11 is 1.50. The summed E-state index contributed by atoms with van der Waals surface area (Å²) in [4.78, 5) is 22.3. The maximum Gasteiger partial charge on any atom is 0.416 e. The molecule has 2 aromatic carbocycles. The van der Waals surface area contributed by atoms with Gasteiger partial charge in [-0.25, -0.2) is 4.39 Å². The Kier molecular flexibility index (Phi) is 10.3. The summed E-state index contributed by atoms with van der Waals surface area (Å²) in [6.45, 7) is 3.42. The van der Waals surface area contributed by atoms with Gasteiger partial charge >= 0.3 is 6.18 Å². The maximum atomic E-state index is 13.7. The van der Waals surface area contributed by atoms with Crippen LogP contribution in [0.5, 0.6) is 0 Å². The van der Waals surface area contributed by atoms with E-state index in [-0.39, 0.29) is 11.4 Å². The number of nitrogens with zero attached hydrogens (tertiary/aromatic N) is 7. The second kappa shape index (κ2) is 14.9. The number of halogens is 4. The van der Waals surface area contributed by atoms with Crippen molar-refractivity contribution >= 4 is 11.8 Å². The highest BCUT2D eigenvalue weighted by Crippen LogP contribution is 2.32. The van der Waals surface area contributed by atoms with E-state index in [2.05, 4.69) is 38.0 Å². The molecule has 51 heavy (non-hydrogen) atoms. The van der Waals surface area contributed by atoms with Gasteiger partial charge in [0, 0.05) is 42.6 Å². The molecule has 2 aromatic heterocycles.